The van der Waals surface area contributed by atoms with Crippen LogP contribution in [0.5, 0.6) is 5.75 Å². The van der Waals surface area contributed by atoms with E-state index in [2.05, 4.69) is 4.90 Å². The van der Waals surface area contributed by atoms with E-state index in [-0.39, 0.29) is 0 Å². The van der Waals surface area contributed by atoms with E-state index >= 15 is 0 Å². The highest BCUT2D eigenvalue weighted by atomic mass is 16.5. The Balaban J connectivity index is 2.45. The predicted octanol–water partition coefficient (Wildman–Crippen LogP) is 1.70. The van der Waals surface area contributed by atoms with E-state index in [1.807, 2.05) is 38.2 Å². The third-order valence-corrected chi connectivity index (χ3v) is 2.78. The lowest BCUT2D eigenvalue weighted by molar-refractivity contribution is 0.0890. The number of rotatable bonds is 8. The van der Waals surface area contributed by atoms with Gasteiger partial charge in [-0.25, -0.2) is 0 Å². The minimum atomic E-state index is -0.508. The molecule has 1 N–H and O–H groups in total. The quantitative estimate of drug-likeness (QED) is 0.716. The van der Waals surface area contributed by atoms with Gasteiger partial charge in [0.25, 0.3) is 0 Å². The number of aliphatic hydroxyl groups is 1. The summed E-state index contributed by atoms with van der Waals surface area (Å²) < 4.78 is 10.4. The van der Waals surface area contributed by atoms with Gasteiger partial charge in [0.05, 0.1) is 19.8 Å². The second kappa shape index (κ2) is 8.08. The fourth-order valence-electron chi connectivity index (χ4n) is 1.71. The fourth-order valence-corrected chi connectivity index (χ4v) is 1.71. The van der Waals surface area contributed by atoms with Gasteiger partial charge in [0.1, 0.15) is 5.75 Å². The van der Waals surface area contributed by atoms with Crippen LogP contribution in [-0.4, -0.2) is 50.5 Å². The van der Waals surface area contributed by atoms with Crippen LogP contribution in [0.15, 0.2) is 24.3 Å². The fraction of sp³-hybridized carbons (Fsp3) is 0.571. The van der Waals surface area contributed by atoms with Gasteiger partial charge in [-0.15, -0.1) is 0 Å². The Bertz CT molecular complexity index is 344. The molecule has 0 aliphatic carbocycles. The van der Waals surface area contributed by atoms with Crippen LogP contribution in [0.4, 0.5) is 0 Å². The molecule has 4 nitrogen and oxygen atoms in total. The number of methoxy groups -OCH3 is 1. The van der Waals surface area contributed by atoms with Gasteiger partial charge >= 0.3 is 0 Å². The van der Waals surface area contributed by atoms with E-state index in [1.54, 1.807) is 7.11 Å². The van der Waals surface area contributed by atoms with Crippen molar-refractivity contribution in [1.82, 2.24) is 4.90 Å². The first kappa shape index (κ1) is 15.0. The molecule has 1 aromatic rings. The molecule has 0 saturated heterocycles. The molecular formula is C14H23NO3. The summed E-state index contributed by atoms with van der Waals surface area (Å²) in [4.78, 5) is 2.06. The van der Waals surface area contributed by atoms with Gasteiger partial charge in [-0.3, -0.25) is 0 Å². The summed E-state index contributed by atoms with van der Waals surface area (Å²) in [5, 5.41) is 10.1. The first-order valence-electron chi connectivity index (χ1n) is 6.25. The number of ether oxygens (including phenoxy) is 2. The van der Waals surface area contributed by atoms with E-state index in [4.69, 9.17) is 9.47 Å². The summed E-state index contributed by atoms with van der Waals surface area (Å²) in [5.41, 5.74) is 0.873. The maximum absolute atomic E-state index is 10.1. The topological polar surface area (TPSA) is 41.9 Å². The highest BCUT2D eigenvalue weighted by molar-refractivity contribution is 5.29. The number of hydrogen-bond donors (Lipinski definition) is 1. The van der Waals surface area contributed by atoms with Crippen molar-refractivity contribution in [1.29, 1.82) is 0 Å². The van der Waals surface area contributed by atoms with Crippen molar-refractivity contribution in [2.75, 3.05) is 40.5 Å². The van der Waals surface area contributed by atoms with Crippen molar-refractivity contribution in [2.24, 2.45) is 0 Å². The lowest BCUT2D eigenvalue weighted by Crippen LogP contribution is -2.28. The molecule has 0 aliphatic heterocycles. The zero-order valence-electron chi connectivity index (χ0n) is 11.4. The van der Waals surface area contributed by atoms with E-state index in [0.717, 1.165) is 24.5 Å². The van der Waals surface area contributed by atoms with Gasteiger partial charge < -0.3 is 19.5 Å². The molecule has 0 radical (unpaired) electrons. The van der Waals surface area contributed by atoms with Crippen molar-refractivity contribution in [2.45, 2.75) is 13.0 Å². The molecule has 0 heterocycles. The molecule has 0 spiro atoms. The molecule has 0 saturated carbocycles. The Kier molecular flexibility index (Phi) is 6.72. The van der Waals surface area contributed by atoms with Gasteiger partial charge in [0, 0.05) is 19.7 Å². The normalized spacial score (nSPS) is 12.7. The van der Waals surface area contributed by atoms with Crippen LogP contribution < -0.4 is 4.74 Å². The van der Waals surface area contributed by atoms with Gasteiger partial charge in [-0.05, 0) is 31.7 Å². The summed E-state index contributed by atoms with van der Waals surface area (Å²) in [6.45, 7) is 4.80. The summed E-state index contributed by atoms with van der Waals surface area (Å²) >= 11 is 0. The molecule has 1 aromatic carbocycles. The molecule has 0 aliphatic rings. The van der Waals surface area contributed by atoms with Crippen LogP contribution in [0.25, 0.3) is 0 Å². The van der Waals surface area contributed by atoms with E-state index in [1.165, 1.54) is 0 Å². The first-order chi connectivity index (χ1) is 8.67. The maximum Gasteiger partial charge on any atom is 0.119 e. The van der Waals surface area contributed by atoms with Crippen LogP contribution in [0, 0.1) is 0 Å². The van der Waals surface area contributed by atoms with E-state index in [9.17, 15) is 5.11 Å². The van der Waals surface area contributed by atoms with Crippen LogP contribution in [0.2, 0.25) is 0 Å². The SMILES string of the molecule is CCOCCN(C)CC(O)c1cccc(OC)c1. The number of benzene rings is 1. The summed E-state index contributed by atoms with van der Waals surface area (Å²) in [6.07, 6.45) is -0.508. The largest absolute Gasteiger partial charge is 0.497 e. The molecule has 1 rings (SSSR count). The molecule has 0 amide bonds. The van der Waals surface area contributed by atoms with Gasteiger partial charge in [-0.1, -0.05) is 12.1 Å². The average Bonchev–Trinajstić information content (AvgIpc) is 2.39. The zero-order chi connectivity index (χ0) is 13.4. The maximum atomic E-state index is 10.1. The van der Waals surface area contributed by atoms with Crippen molar-refractivity contribution in [3.8, 4) is 5.75 Å². The molecule has 0 bridgehead atoms. The van der Waals surface area contributed by atoms with Crippen LogP contribution in [0.3, 0.4) is 0 Å². The zero-order valence-corrected chi connectivity index (χ0v) is 11.4. The molecule has 0 fully saturated rings. The molecule has 4 heteroatoms. The van der Waals surface area contributed by atoms with Crippen LogP contribution in [-0.2, 0) is 4.74 Å². The average molecular weight is 253 g/mol. The lowest BCUT2D eigenvalue weighted by atomic mass is 10.1. The summed E-state index contributed by atoms with van der Waals surface area (Å²) in [7, 11) is 3.60. The third-order valence-electron chi connectivity index (χ3n) is 2.78. The van der Waals surface area contributed by atoms with E-state index in [0.29, 0.717) is 13.2 Å². The number of aliphatic hydroxyl groups excluding tert-OH is 1. The van der Waals surface area contributed by atoms with Gasteiger partial charge in [0.15, 0.2) is 0 Å². The highest BCUT2D eigenvalue weighted by Crippen LogP contribution is 2.19. The van der Waals surface area contributed by atoms with Crippen molar-refractivity contribution < 1.29 is 14.6 Å². The number of likely N-dealkylation sites (N-methyl/N-ethyl adjacent to an activating group) is 1. The standard InChI is InChI=1S/C14H23NO3/c1-4-18-9-8-15(2)11-14(16)12-6-5-7-13(10-12)17-3/h5-7,10,14,16H,4,8-9,11H2,1-3H3. The highest BCUT2D eigenvalue weighted by Gasteiger charge is 2.11. The van der Waals surface area contributed by atoms with Crippen molar-refractivity contribution in [3.63, 3.8) is 0 Å². The second-order valence-corrected chi connectivity index (χ2v) is 4.25. The first-order valence-corrected chi connectivity index (χ1v) is 6.25. The molecule has 0 aromatic heterocycles. The number of hydrogen-bond acceptors (Lipinski definition) is 4. The lowest BCUT2D eigenvalue weighted by Gasteiger charge is -2.20. The predicted molar refractivity (Wildman–Crippen MR) is 71.9 cm³/mol. The smallest absolute Gasteiger partial charge is 0.119 e. The Morgan fingerprint density at radius 2 is 2.17 bits per heavy atom. The Morgan fingerprint density at radius 1 is 1.39 bits per heavy atom. The van der Waals surface area contributed by atoms with Crippen LogP contribution >= 0.6 is 0 Å². The van der Waals surface area contributed by atoms with Gasteiger partial charge in [-0.2, -0.15) is 0 Å². The monoisotopic (exact) mass is 253 g/mol. The summed E-state index contributed by atoms with van der Waals surface area (Å²) in [6, 6.07) is 7.53. The Labute approximate surface area is 109 Å². The molecule has 102 valence electrons. The Hall–Kier alpha value is -1.10. The minimum absolute atomic E-state index is 0.508. The van der Waals surface area contributed by atoms with E-state index < -0.39 is 6.10 Å². The molecule has 1 unspecified atom stereocenters. The molecule has 1 atom stereocenters. The van der Waals surface area contributed by atoms with Crippen molar-refractivity contribution >= 4 is 0 Å². The second-order valence-electron chi connectivity index (χ2n) is 4.25. The number of nitrogens with zero attached hydrogens (tertiary/aromatic N) is 1. The Morgan fingerprint density at radius 3 is 2.83 bits per heavy atom. The third kappa shape index (κ3) is 5.04. The summed E-state index contributed by atoms with van der Waals surface area (Å²) in [5.74, 6) is 0.767. The molecular weight excluding hydrogens is 230 g/mol. The van der Waals surface area contributed by atoms with Gasteiger partial charge in [0.2, 0.25) is 0 Å². The minimum Gasteiger partial charge on any atom is -0.497 e. The van der Waals surface area contributed by atoms with Crippen LogP contribution in [0.1, 0.15) is 18.6 Å². The van der Waals surface area contributed by atoms with Crippen molar-refractivity contribution in [3.05, 3.63) is 29.8 Å². The molecule has 18 heavy (non-hydrogen) atoms.